The van der Waals surface area contributed by atoms with Crippen molar-refractivity contribution in [3.05, 3.63) is 11.4 Å². The predicted octanol–water partition coefficient (Wildman–Crippen LogP) is 3.59. The quantitative estimate of drug-likeness (QED) is 0.552. The zero-order chi connectivity index (χ0) is 12.9. The summed E-state index contributed by atoms with van der Waals surface area (Å²) in [6.45, 7) is 13.2. The molecule has 1 fully saturated rings. The van der Waals surface area contributed by atoms with Gasteiger partial charge in [-0.25, -0.2) is 6.57 Å². The molecule has 0 radical (unpaired) electrons. The highest BCUT2D eigenvalue weighted by molar-refractivity contribution is 5.76. The Bertz CT molecular complexity index is 309. The fourth-order valence-corrected chi connectivity index (χ4v) is 2.11. The number of carbonyl (C=O) groups excluding carboxylic acids is 1. The van der Waals surface area contributed by atoms with Crippen molar-refractivity contribution < 1.29 is 9.53 Å². The van der Waals surface area contributed by atoms with Crippen LogP contribution in [0.25, 0.3) is 4.85 Å². The minimum Gasteiger partial charge on any atom is -0.451 e. The van der Waals surface area contributed by atoms with E-state index in [0.29, 0.717) is 6.54 Å². The third kappa shape index (κ3) is 3.46. The molecule has 0 aromatic rings. The summed E-state index contributed by atoms with van der Waals surface area (Å²) in [5, 5.41) is 0. The van der Waals surface area contributed by atoms with Gasteiger partial charge in [0.2, 0.25) is 0 Å². The Morgan fingerprint density at radius 3 is 2.41 bits per heavy atom. The molecule has 3 heteroatoms. The van der Waals surface area contributed by atoms with Gasteiger partial charge < -0.3 is 9.58 Å². The lowest BCUT2D eigenvalue weighted by Gasteiger charge is -2.35. The first kappa shape index (κ1) is 14.0. The van der Waals surface area contributed by atoms with Crippen molar-refractivity contribution in [3.63, 3.8) is 0 Å². The van der Waals surface area contributed by atoms with Crippen LogP contribution in [0, 0.1) is 12.0 Å². The lowest BCUT2D eigenvalue weighted by atomic mass is 9.83. The van der Waals surface area contributed by atoms with Gasteiger partial charge in [0, 0.05) is 0 Å². The van der Waals surface area contributed by atoms with E-state index in [1.807, 2.05) is 20.8 Å². The van der Waals surface area contributed by atoms with Crippen molar-refractivity contribution in [2.75, 3.05) is 6.54 Å². The maximum atomic E-state index is 12.1. The van der Waals surface area contributed by atoms with Crippen LogP contribution in [-0.2, 0) is 9.53 Å². The fraction of sp³-hybridized carbons (Fsp3) is 0.857. The van der Waals surface area contributed by atoms with Crippen LogP contribution in [0.15, 0.2) is 0 Å². The molecule has 0 saturated heterocycles. The smallest absolute Gasteiger partial charge is 0.312 e. The molecule has 1 rings (SSSR count). The van der Waals surface area contributed by atoms with Crippen molar-refractivity contribution >= 4 is 5.97 Å². The van der Waals surface area contributed by atoms with Gasteiger partial charge >= 0.3 is 5.97 Å². The van der Waals surface area contributed by atoms with Gasteiger partial charge in [0.25, 0.3) is 6.54 Å². The maximum Gasteiger partial charge on any atom is 0.312 e. The van der Waals surface area contributed by atoms with Crippen LogP contribution in [0.1, 0.15) is 59.3 Å². The molecule has 1 aliphatic carbocycles. The van der Waals surface area contributed by atoms with Crippen molar-refractivity contribution in [3.8, 4) is 0 Å². The Kier molecular flexibility index (Phi) is 4.56. The summed E-state index contributed by atoms with van der Waals surface area (Å²) in [6.07, 6.45) is 5.78. The summed E-state index contributed by atoms with van der Waals surface area (Å²) < 4.78 is 5.72. The van der Waals surface area contributed by atoms with E-state index >= 15 is 0 Å². The van der Waals surface area contributed by atoms with Crippen molar-refractivity contribution in [2.45, 2.75) is 64.9 Å². The van der Waals surface area contributed by atoms with Gasteiger partial charge in [-0.3, -0.25) is 4.79 Å². The Hall–Kier alpha value is -1.04. The molecule has 0 aliphatic heterocycles. The maximum absolute atomic E-state index is 12.1. The lowest BCUT2D eigenvalue weighted by Crippen LogP contribution is -2.43. The summed E-state index contributed by atoms with van der Waals surface area (Å²) in [6, 6.07) is 0. The number of rotatable bonds is 4. The normalized spacial score (nSPS) is 19.4. The number of ether oxygens (including phenoxy) is 1. The van der Waals surface area contributed by atoms with Gasteiger partial charge in [0.15, 0.2) is 5.60 Å². The van der Waals surface area contributed by atoms with E-state index < -0.39 is 11.0 Å². The van der Waals surface area contributed by atoms with Gasteiger partial charge in [-0.15, -0.1) is 0 Å². The second-order valence-corrected chi connectivity index (χ2v) is 5.69. The molecular formula is C14H23NO2. The van der Waals surface area contributed by atoms with Crippen LogP contribution in [-0.4, -0.2) is 18.1 Å². The molecule has 0 unspecified atom stereocenters. The van der Waals surface area contributed by atoms with E-state index in [-0.39, 0.29) is 5.97 Å². The van der Waals surface area contributed by atoms with Gasteiger partial charge in [-0.05, 0) is 46.0 Å². The number of nitrogens with zero attached hydrogens (tertiary/aromatic N) is 1. The van der Waals surface area contributed by atoms with Crippen LogP contribution in [0.2, 0.25) is 0 Å². The highest BCUT2D eigenvalue weighted by atomic mass is 16.6. The second kappa shape index (κ2) is 5.53. The van der Waals surface area contributed by atoms with Gasteiger partial charge in [-0.2, -0.15) is 0 Å². The molecule has 0 spiro atoms. The van der Waals surface area contributed by atoms with Crippen LogP contribution in [0.3, 0.4) is 0 Å². The van der Waals surface area contributed by atoms with E-state index in [1.165, 1.54) is 6.42 Å². The van der Waals surface area contributed by atoms with E-state index in [1.54, 1.807) is 0 Å². The molecule has 0 bridgehead atoms. The first-order valence-electron chi connectivity index (χ1n) is 6.52. The molecule has 0 heterocycles. The van der Waals surface area contributed by atoms with Crippen LogP contribution in [0.5, 0.6) is 0 Å². The predicted molar refractivity (Wildman–Crippen MR) is 67.4 cm³/mol. The van der Waals surface area contributed by atoms with Gasteiger partial charge in [0.1, 0.15) is 0 Å². The molecule has 17 heavy (non-hydrogen) atoms. The summed E-state index contributed by atoms with van der Waals surface area (Å²) in [4.78, 5) is 15.6. The zero-order valence-electron chi connectivity index (χ0n) is 11.2. The second-order valence-electron chi connectivity index (χ2n) is 5.69. The van der Waals surface area contributed by atoms with Crippen LogP contribution in [0.4, 0.5) is 0 Å². The average molecular weight is 237 g/mol. The van der Waals surface area contributed by atoms with Gasteiger partial charge in [-0.1, -0.05) is 13.3 Å². The topological polar surface area (TPSA) is 30.7 Å². The molecule has 0 N–H and O–H groups in total. The molecule has 0 aromatic heterocycles. The van der Waals surface area contributed by atoms with E-state index in [0.717, 1.165) is 32.1 Å². The third-order valence-electron chi connectivity index (χ3n) is 3.88. The molecule has 0 amide bonds. The monoisotopic (exact) mass is 237 g/mol. The highest BCUT2D eigenvalue weighted by Crippen LogP contribution is 2.35. The molecule has 0 atom stereocenters. The Morgan fingerprint density at radius 1 is 1.35 bits per heavy atom. The van der Waals surface area contributed by atoms with Crippen molar-refractivity contribution in [2.24, 2.45) is 5.41 Å². The molecule has 3 nitrogen and oxygen atoms in total. The van der Waals surface area contributed by atoms with Crippen LogP contribution >= 0.6 is 0 Å². The first-order valence-corrected chi connectivity index (χ1v) is 6.52. The summed E-state index contributed by atoms with van der Waals surface area (Å²) >= 11 is 0. The summed E-state index contributed by atoms with van der Waals surface area (Å²) in [5.41, 5.74) is -0.935. The molecular weight excluding hydrogens is 214 g/mol. The summed E-state index contributed by atoms with van der Waals surface area (Å²) in [5.74, 6) is -0.148. The number of esters is 1. The average Bonchev–Trinajstić information content (AvgIpc) is 2.30. The highest BCUT2D eigenvalue weighted by Gasteiger charge is 2.42. The number of hydrogen-bond acceptors (Lipinski definition) is 2. The van der Waals surface area contributed by atoms with Gasteiger partial charge in [0.05, 0.1) is 5.41 Å². The third-order valence-corrected chi connectivity index (χ3v) is 3.88. The largest absolute Gasteiger partial charge is 0.451 e. The van der Waals surface area contributed by atoms with Crippen molar-refractivity contribution in [1.82, 2.24) is 0 Å². The first-order chi connectivity index (χ1) is 7.96. The standard InChI is InChI=1S/C14H23NO2/c1-5-13(2,3)12(16)17-14(11-15-4)9-7-6-8-10-14/h5-11H2,1-3H3. The van der Waals surface area contributed by atoms with E-state index in [2.05, 4.69) is 4.85 Å². The number of hydrogen-bond donors (Lipinski definition) is 0. The lowest BCUT2D eigenvalue weighted by molar-refractivity contribution is -0.172. The molecule has 96 valence electrons. The Morgan fingerprint density at radius 2 is 1.94 bits per heavy atom. The summed E-state index contributed by atoms with van der Waals surface area (Å²) in [7, 11) is 0. The zero-order valence-corrected chi connectivity index (χ0v) is 11.2. The number of carbonyl (C=O) groups is 1. The Labute approximate surface area is 104 Å². The van der Waals surface area contributed by atoms with Crippen LogP contribution < -0.4 is 0 Å². The molecule has 1 saturated carbocycles. The Balaban J connectivity index is 2.73. The minimum atomic E-state index is -0.497. The molecule has 1 aliphatic rings. The minimum absolute atomic E-state index is 0.148. The van der Waals surface area contributed by atoms with Crippen molar-refractivity contribution in [1.29, 1.82) is 0 Å². The van der Waals surface area contributed by atoms with E-state index in [9.17, 15) is 4.79 Å². The SMILES string of the molecule is [C-]#[N+]CC1(OC(=O)C(C)(C)CC)CCCCC1. The van der Waals surface area contributed by atoms with E-state index in [4.69, 9.17) is 11.3 Å². The molecule has 0 aromatic carbocycles. The fourth-order valence-electron chi connectivity index (χ4n) is 2.11.